The number of nitrogens with one attached hydrogen (secondary N) is 1. The van der Waals surface area contributed by atoms with Gasteiger partial charge >= 0.3 is 0 Å². The summed E-state index contributed by atoms with van der Waals surface area (Å²) in [6, 6.07) is 12.4. The Balaban J connectivity index is 2.37. The second-order valence-corrected chi connectivity index (χ2v) is 6.53. The fraction of sp³-hybridized carbons (Fsp3) is 0.444. The summed E-state index contributed by atoms with van der Waals surface area (Å²) in [6.45, 7) is 9.21. The Hall–Kier alpha value is -1.58. The zero-order chi connectivity index (χ0) is 15.5. The van der Waals surface area contributed by atoms with E-state index in [4.69, 9.17) is 4.74 Å². The van der Waals surface area contributed by atoms with Crippen molar-refractivity contribution in [3.63, 3.8) is 0 Å². The SMILES string of the molecule is CC(O)COc1ccc2ccccc2c1CNC(C)(C)C. The van der Waals surface area contributed by atoms with Gasteiger partial charge in [-0.2, -0.15) is 0 Å². The van der Waals surface area contributed by atoms with Gasteiger partial charge in [0.2, 0.25) is 0 Å². The molecule has 3 heteroatoms. The lowest BCUT2D eigenvalue weighted by atomic mass is 10.0. The first-order valence-electron chi connectivity index (χ1n) is 7.43. The molecule has 0 saturated heterocycles. The molecule has 0 radical (unpaired) electrons. The van der Waals surface area contributed by atoms with Crippen molar-refractivity contribution in [2.24, 2.45) is 0 Å². The van der Waals surface area contributed by atoms with Crippen LogP contribution in [0.25, 0.3) is 10.8 Å². The van der Waals surface area contributed by atoms with Crippen molar-refractivity contribution in [2.75, 3.05) is 6.61 Å². The van der Waals surface area contributed by atoms with Gasteiger partial charge in [0.25, 0.3) is 0 Å². The maximum absolute atomic E-state index is 9.44. The smallest absolute Gasteiger partial charge is 0.124 e. The number of benzene rings is 2. The molecule has 3 nitrogen and oxygen atoms in total. The average molecular weight is 287 g/mol. The number of fused-ring (bicyclic) bond motifs is 1. The van der Waals surface area contributed by atoms with Crippen LogP contribution in [-0.4, -0.2) is 23.4 Å². The van der Waals surface area contributed by atoms with Crippen LogP contribution in [0.15, 0.2) is 36.4 Å². The van der Waals surface area contributed by atoms with E-state index in [9.17, 15) is 5.11 Å². The standard InChI is InChI=1S/C18H25NO2/c1-13(20)12-21-17-10-9-14-7-5-6-8-15(14)16(17)11-19-18(2,3)4/h5-10,13,19-20H,11-12H2,1-4H3. The predicted octanol–water partition coefficient (Wildman–Crippen LogP) is 3.49. The molecule has 0 fully saturated rings. The largest absolute Gasteiger partial charge is 0.491 e. The quantitative estimate of drug-likeness (QED) is 0.884. The first kappa shape index (κ1) is 15.8. The van der Waals surface area contributed by atoms with Gasteiger partial charge < -0.3 is 15.2 Å². The molecule has 1 unspecified atom stereocenters. The van der Waals surface area contributed by atoms with E-state index in [1.54, 1.807) is 6.92 Å². The molecule has 0 aliphatic heterocycles. The molecule has 2 N–H and O–H groups in total. The van der Waals surface area contributed by atoms with Crippen LogP contribution < -0.4 is 10.1 Å². The Kier molecular flexibility index (Phi) is 4.86. The third-order valence-electron chi connectivity index (χ3n) is 3.27. The average Bonchev–Trinajstić information content (AvgIpc) is 2.42. The van der Waals surface area contributed by atoms with Crippen LogP contribution in [0, 0.1) is 0 Å². The van der Waals surface area contributed by atoms with Crippen LogP contribution >= 0.6 is 0 Å². The van der Waals surface area contributed by atoms with Crippen molar-refractivity contribution < 1.29 is 9.84 Å². The van der Waals surface area contributed by atoms with Crippen LogP contribution in [-0.2, 0) is 6.54 Å². The van der Waals surface area contributed by atoms with Gasteiger partial charge in [0.1, 0.15) is 12.4 Å². The van der Waals surface area contributed by atoms with E-state index >= 15 is 0 Å². The van der Waals surface area contributed by atoms with Gasteiger partial charge in [-0.05, 0) is 44.5 Å². The van der Waals surface area contributed by atoms with Gasteiger partial charge in [0.05, 0.1) is 6.10 Å². The van der Waals surface area contributed by atoms with Crippen LogP contribution in [0.4, 0.5) is 0 Å². The van der Waals surface area contributed by atoms with E-state index in [-0.39, 0.29) is 5.54 Å². The molecule has 0 bridgehead atoms. The van der Waals surface area contributed by atoms with Gasteiger partial charge in [-0.3, -0.25) is 0 Å². The number of aliphatic hydroxyl groups excluding tert-OH is 1. The number of rotatable bonds is 5. The highest BCUT2D eigenvalue weighted by atomic mass is 16.5. The Morgan fingerprint density at radius 1 is 1.14 bits per heavy atom. The molecule has 0 heterocycles. The lowest BCUT2D eigenvalue weighted by molar-refractivity contribution is 0.122. The van der Waals surface area contributed by atoms with E-state index in [0.717, 1.165) is 17.9 Å². The number of hydrogen-bond donors (Lipinski definition) is 2. The lowest BCUT2D eigenvalue weighted by Gasteiger charge is -2.23. The second-order valence-electron chi connectivity index (χ2n) is 6.53. The maximum atomic E-state index is 9.44. The number of ether oxygens (including phenoxy) is 1. The number of aliphatic hydroxyl groups is 1. The highest BCUT2D eigenvalue weighted by molar-refractivity contribution is 5.87. The highest BCUT2D eigenvalue weighted by Crippen LogP contribution is 2.28. The molecule has 0 aliphatic rings. The van der Waals surface area contributed by atoms with Crippen molar-refractivity contribution in [1.82, 2.24) is 5.32 Å². The Morgan fingerprint density at radius 2 is 1.86 bits per heavy atom. The Bertz CT molecular complexity index is 600. The van der Waals surface area contributed by atoms with Gasteiger partial charge in [-0.15, -0.1) is 0 Å². The second kappa shape index (κ2) is 6.46. The molecule has 114 valence electrons. The monoisotopic (exact) mass is 287 g/mol. The minimum atomic E-state index is -0.472. The molecular weight excluding hydrogens is 262 g/mol. The molecular formula is C18H25NO2. The molecule has 2 aromatic rings. The van der Waals surface area contributed by atoms with Crippen LogP contribution in [0.5, 0.6) is 5.75 Å². The minimum absolute atomic E-state index is 0.0402. The van der Waals surface area contributed by atoms with Crippen molar-refractivity contribution in [2.45, 2.75) is 45.9 Å². The molecule has 0 amide bonds. The summed E-state index contributed by atoms with van der Waals surface area (Å²) in [5, 5.41) is 15.3. The van der Waals surface area contributed by atoms with Crippen molar-refractivity contribution in [3.05, 3.63) is 42.0 Å². The molecule has 0 spiro atoms. The van der Waals surface area contributed by atoms with Crippen LogP contribution in [0.1, 0.15) is 33.3 Å². The summed E-state index contributed by atoms with van der Waals surface area (Å²) in [6.07, 6.45) is -0.472. The fourth-order valence-corrected chi connectivity index (χ4v) is 2.20. The van der Waals surface area contributed by atoms with Gasteiger partial charge in [-0.25, -0.2) is 0 Å². The highest BCUT2D eigenvalue weighted by Gasteiger charge is 2.14. The molecule has 0 aliphatic carbocycles. The summed E-state index contributed by atoms with van der Waals surface area (Å²) >= 11 is 0. The van der Waals surface area contributed by atoms with Gasteiger partial charge in [0, 0.05) is 17.6 Å². The van der Waals surface area contributed by atoms with E-state index in [1.807, 2.05) is 18.2 Å². The third kappa shape index (κ3) is 4.45. The molecule has 0 saturated carbocycles. The summed E-state index contributed by atoms with van der Waals surface area (Å²) in [5.41, 5.74) is 1.18. The molecule has 2 aromatic carbocycles. The van der Waals surface area contributed by atoms with Crippen molar-refractivity contribution in [1.29, 1.82) is 0 Å². The van der Waals surface area contributed by atoms with Gasteiger partial charge in [0.15, 0.2) is 0 Å². The van der Waals surface area contributed by atoms with E-state index in [0.29, 0.717) is 6.61 Å². The molecule has 21 heavy (non-hydrogen) atoms. The minimum Gasteiger partial charge on any atom is -0.491 e. The molecule has 2 rings (SSSR count). The Morgan fingerprint density at radius 3 is 2.52 bits per heavy atom. The molecule has 0 aromatic heterocycles. The first-order chi connectivity index (χ1) is 9.87. The normalized spacial score (nSPS) is 13.4. The summed E-state index contributed by atoms with van der Waals surface area (Å²) in [4.78, 5) is 0. The van der Waals surface area contributed by atoms with Gasteiger partial charge in [-0.1, -0.05) is 30.3 Å². The van der Waals surface area contributed by atoms with Crippen molar-refractivity contribution >= 4 is 10.8 Å². The zero-order valence-corrected chi connectivity index (χ0v) is 13.3. The van der Waals surface area contributed by atoms with Crippen LogP contribution in [0.3, 0.4) is 0 Å². The topological polar surface area (TPSA) is 41.5 Å². The van der Waals surface area contributed by atoms with Crippen molar-refractivity contribution in [3.8, 4) is 5.75 Å². The summed E-state index contributed by atoms with van der Waals surface area (Å²) in [7, 11) is 0. The van der Waals surface area contributed by atoms with E-state index in [1.165, 1.54) is 10.8 Å². The lowest BCUT2D eigenvalue weighted by Crippen LogP contribution is -2.35. The Labute approximate surface area is 126 Å². The maximum Gasteiger partial charge on any atom is 0.124 e. The fourth-order valence-electron chi connectivity index (χ4n) is 2.20. The van der Waals surface area contributed by atoms with Crippen LogP contribution in [0.2, 0.25) is 0 Å². The number of hydrogen-bond acceptors (Lipinski definition) is 3. The zero-order valence-electron chi connectivity index (χ0n) is 13.3. The summed E-state index contributed by atoms with van der Waals surface area (Å²) < 4.78 is 5.78. The van der Waals surface area contributed by atoms with E-state index < -0.39 is 6.10 Å². The van der Waals surface area contributed by atoms with E-state index in [2.05, 4.69) is 44.3 Å². The predicted molar refractivity (Wildman–Crippen MR) is 87.7 cm³/mol. The first-order valence-corrected chi connectivity index (χ1v) is 7.43. The third-order valence-corrected chi connectivity index (χ3v) is 3.27. The summed E-state index contributed by atoms with van der Waals surface area (Å²) in [5.74, 6) is 0.839. The molecule has 1 atom stereocenters.